The molecule has 18 heavy (non-hydrogen) atoms. The Balaban J connectivity index is 2.22. The molecule has 2 N–H and O–H groups in total. The molecule has 2 aromatic heterocycles. The molecule has 2 aromatic rings. The third-order valence-corrected chi connectivity index (χ3v) is 3.14. The van der Waals surface area contributed by atoms with Gasteiger partial charge in [0.2, 0.25) is 0 Å². The smallest absolute Gasteiger partial charge is 0.0951 e. The van der Waals surface area contributed by atoms with E-state index in [0.29, 0.717) is 24.9 Å². The molecule has 0 fully saturated rings. The van der Waals surface area contributed by atoms with Crippen molar-refractivity contribution in [2.45, 2.75) is 26.3 Å². The number of nitrogens with two attached hydrogens (primary N) is 1. The molecule has 0 bridgehead atoms. The van der Waals surface area contributed by atoms with E-state index in [4.69, 9.17) is 5.73 Å². The molecule has 96 valence electrons. The highest BCUT2D eigenvalue weighted by Crippen LogP contribution is 2.23. The summed E-state index contributed by atoms with van der Waals surface area (Å²) in [6, 6.07) is 3.85. The zero-order valence-corrected chi connectivity index (χ0v) is 10.8. The molecule has 0 aliphatic rings. The lowest BCUT2D eigenvalue weighted by Crippen LogP contribution is -2.21. The number of hydrogen-bond donors (Lipinski definition) is 1. The van der Waals surface area contributed by atoms with Crippen molar-refractivity contribution in [2.75, 3.05) is 6.54 Å². The SMILES string of the molecule is CC(C)C(CN)c1cncn1Cc1cccnn1. The first-order valence-corrected chi connectivity index (χ1v) is 6.19. The topological polar surface area (TPSA) is 69.6 Å². The van der Waals surface area contributed by atoms with Crippen LogP contribution in [-0.2, 0) is 6.54 Å². The predicted octanol–water partition coefficient (Wildman–Crippen LogP) is 1.42. The zero-order valence-electron chi connectivity index (χ0n) is 10.8. The minimum absolute atomic E-state index is 0.323. The molecule has 0 radical (unpaired) electrons. The van der Waals surface area contributed by atoms with Crippen molar-refractivity contribution in [2.24, 2.45) is 11.7 Å². The summed E-state index contributed by atoms with van der Waals surface area (Å²) in [6.45, 7) is 5.67. The maximum atomic E-state index is 5.86. The molecule has 5 nitrogen and oxygen atoms in total. The highest BCUT2D eigenvalue weighted by atomic mass is 15.1. The van der Waals surface area contributed by atoms with Crippen LogP contribution in [0.3, 0.4) is 0 Å². The normalized spacial score (nSPS) is 12.9. The second-order valence-corrected chi connectivity index (χ2v) is 4.75. The van der Waals surface area contributed by atoms with E-state index in [0.717, 1.165) is 11.4 Å². The molecule has 0 aliphatic heterocycles. The van der Waals surface area contributed by atoms with Crippen molar-refractivity contribution in [1.29, 1.82) is 0 Å². The van der Waals surface area contributed by atoms with E-state index in [2.05, 4.69) is 33.6 Å². The monoisotopic (exact) mass is 245 g/mol. The van der Waals surface area contributed by atoms with Crippen molar-refractivity contribution in [1.82, 2.24) is 19.7 Å². The molecule has 1 atom stereocenters. The lowest BCUT2D eigenvalue weighted by molar-refractivity contribution is 0.477. The lowest BCUT2D eigenvalue weighted by Gasteiger charge is -2.20. The van der Waals surface area contributed by atoms with Gasteiger partial charge in [-0.25, -0.2) is 4.98 Å². The van der Waals surface area contributed by atoms with Crippen LogP contribution in [0.2, 0.25) is 0 Å². The van der Waals surface area contributed by atoms with Gasteiger partial charge in [0.05, 0.1) is 18.6 Å². The van der Waals surface area contributed by atoms with Crippen LogP contribution in [0.15, 0.2) is 30.9 Å². The fourth-order valence-electron chi connectivity index (χ4n) is 2.10. The molecule has 5 heteroatoms. The number of nitrogens with zero attached hydrogens (tertiary/aromatic N) is 4. The van der Waals surface area contributed by atoms with Gasteiger partial charge in [-0.1, -0.05) is 13.8 Å². The number of hydrogen-bond acceptors (Lipinski definition) is 4. The molecule has 0 aromatic carbocycles. The summed E-state index contributed by atoms with van der Waals surface area (Å²) >= 11 is 0. The molecule has 0 saturated heterocycles. The van der Waals surface area contributed by atoms with E-state index in [-0.39, 0.29) is 0 Å². The van der Waals surface area contributed by atoms with Crippen molar-refractivity contribution in [3.8, 4) is 0 Å². The maximum Gasteiger partial charge on any atom is 0.0951 e. The first-order chi connectivity index (χ1) is 8.72. The summed E-state index contributed by atoms with van der Waals surface area (Å²) in [5.74, 6) is 0.816. The Morgan fingerprint density at radius 3 is 2.83 bits per heavy atom. The van der Waals surface area contributed by atoms with Crippen LogP contribution < -0.4 is 5.73 Å². The molecule has 0 spiro atoms. The Labute approximate surface area is 107 Å². The van der Waals surface area contributed by atoms with Crippen LogP contribution in [0.4, 0.5) is 0 Å². The van der Waals surface area contributed by atoms with E-state index in [1.807, 2.05) is 24.7 Å². The van der Waals surface area contributed by atoms with Gasteiger partial charge in [0.15, 0.2) is 0 Å². The number of rotatable bonds is 5. The second-order valence-electron chi connectivity index (χ2n) is 4.75. The Morgan fingerprint density at radius 2 is 2.22 bits per heavy atom. The summed E-state index contributed by atoms with van der Waals surface area (Å²) in [7, 11) is 0. The molecule has 1 unspecified atom stereocenters. The summed E-state index contributed by atoms with van der Waals surface area (Å²) in [5.41, 5.74) is 7.95. The Hall–Kier alpha value is -1.75. The quantitative estimate of drug-likeness (QED) is 0.865. The Kier molecular flexibility index (Phi) is 4.04. The summed E-state index contributed by atoms with van der Waals surface area (Å²) in [4.78, 5) is 4.23. The molecular weight excluding hydrogens is 226 g/mol. The van der Waals surface area contributed by atoms with E-state index >= 15 is 0 Å². The van der Waals surface area contributed by atoms with Gasteiger partial charge < -0.3 is 10.3 Å². The van der Waals surface area contributed by atoms with Crippen LogP contribution in [0.25, 0.3) is 0 Å². The van der Waals surface area contributed by atoms with Crippen LogP contribution in [-0.4, -0.2) is 26.3 Å². The van der Waals surface area contributed by atoms with E-state index in [1.54, 1.807) is 6.20 Å². The van der Waals surface area contributed by atoms with Gasteiger partial charge in [-0.3, -0.25) is 0 Å². The van der Waals surface area contributed by atoms with E-state index in [1.165, 1.54) is 0 Å². The first-order valence-electron chi connectivity index (χ1n) is 6.19. The van der Waals surface area contributed by atoms with E-state index in [9.17, 15) is 0 Å². The fourth-order valence-corrected chi connectivity index (χ4v) is 2.10. The standard InChI is InChI=1S/C13H19N5/c1-10(2)12(6-14)13-7-15-9-18(13)8-11-4-3-5-16-17-11/h3-5,7,9-10,12H,6,8,14H2,1-2H3. The van der Waals surface area contributed by atoms with Crippen LogP contribution >= 0.6 is 0 Å². The molecule has 0 aliphatic carbocycles. The average molecular weight is 245 g/mol. The van der Waals surface area contributed by atoms with Gasteiger partial charge in [0.25, 0.3) is 0 Å². The number of imidazole rings is 1. The largest absolute Gasteiger partial charge is 0.330 e. The van der Waals surface area contributed by atoms with Gasteiger partial charge in [-0.05, 0) is 18.1 Å². The second kappa shape index (κ2) is 5.73. The van der Waals surface area contributed by atoms with Crippen LogP contribution in [0, 0.1) is 5.92 Å². The van der Waals surface area contributed by atoms with E-state index < -0.39 is 0 Å². The highest BCUT2D eigenvalue weighted by Gasteiger charge is 2.18. The third kappa shape index (κ3) is 2.73. The van der Waals surface area contributed by atoms with Gasteiger partial charge in [0.1, 0.15) is 0 Å². The molecule has 0 amide bonds. The minimum atomic E-state index is 0.323. The molecular formula is C13H19N5. The Morgan fingerprint density at radius 1 is 1.39 bits per heavy atom. The summed E-state index contributed by atoms with van der Waals surface area (Å²) < 4.78 is 2.10. The van der Waals surface area contributed by atoms with Gasteiger partial charge in [-0.15, -0.1) is 0 Å². The van der Waals surface area contributed by atoms with Crippen molar-refractivity contribution >= 4 is 0 Å². The number of aromatic nitrogens is 4. The van der Waals surface area contributed by atoms with Crippen LogP contribution in [0.1, 0.15) is 31.2 Å². The van der Waals surface area contributed by atoms with Crippen molar-refractivity contribution in [3.05, 3.63) is 42.2 Å². The average Bonchev–Trinajstić information content (AvgIpc) is 2.79. The van der Waals surface area contributed by atoms with Gasteiger partial charge in [0, 0.05) is 30.6 Å². The van der Waals surface area contributed by atoms with Gasteiger partial charge >= 0.3 is 0 Å². The summed E-state index contributed by atoms with van der Waals surface area (Å²) in [6.07, 6.45) is 5.40. The molecule has 0 saturated carbocycles. The minimum Gasteiger partial charge on any atom is -0.330 e. The molecule has 2 rings (SSSR count). The molecule has 2 heterocycles. The maximum absolute atomic E-state index is 5.86. The highest BCUT2D eigenvalue weighted by molar-refractivity contribution is 5.11. The van der Waals surface area contributed by atoms with Crippen LogP contribution in [0.5, 0.6) is 0 Å². The van der Waals surface area contributed by atoms with Gasteiger partial charge in [-0.2, -0.15) is 10.2 Å². The third-order valence-electron chi connectivity index (χ3n) is 3.14. The zero-order chi connectivity index (χ0) is 13.0. The summed E-state index contributed by atoms with van der Waals surface area (Å²) in [5, 5.41) is 7.98. The Bertz CT molecular complexity index is 477. The fraction of sp³-hybridized carbons (Fsp3) is 0.462. The van der Waals surface area contributed by atoms with Crippen molar-refractivity contribution in [3.63, 3.8) is 0 Å². The lowest BCUT2D eigenvalue weighted by atomic mass is 9.93. The first kappa shape index (κ1) is 12.7. The van der Waals surface area contributed by atoms with Crippen molar-refractivity contribution < 1.29 is 0 Å². The predicted molar refractivity (Wildman–Crippen MR) is 70.0 cm³/mol.